The third-order valence-electron chi connectivity index (χ3n) is 11.5. The van der Waals surface area contributed by atoms with Crippen molar-refractivity contribution in [1.82, 2.24) is 0 Å². The molecular weight excluding hydrogens is 766 g/mol. The Balaban J connectivity index is 1.73. The molecule has 0 atom stereocenters. The predicted octanol–water partition coefficient (Wildman–Crippen LogP) is 10.9. The molecule has 3 heteroatoms. The summed E-state index contributed by atoms with van der Waals surface area (Å²) < 4.78 is 1.66. The summed E-state index contributed by atoms with van der Waals surface area (Å²) in [7, 11) is -5.71. The normalized spacial score (nSPS) is 11.8. The third kappa shape index (κ3) is 6.97. The van der Waals surface area contributed by atoms with Gasteiger partial charge in [0.1, 0.15) is 31.8 Å². The highest BCUT2D eigenvalue weighted by Crippen LogP contribution is 2.80. The van der Waals surface area contributed by atoms with Crippen molar-refractivity contribution >= 4 is 68.6 Å². The average molecular weight is 813 g/mol. The van der Waals surface area contributed by atoms with E-state index in [-0.39, 0.29) is 0 Å². The van der Waals surface area contributed by atoms with Crippen LogP contribution in [0.4, 0.5) is 0 Å². The zero-order valence-electron chi connectivity index (χ0n) is 33.0. The molecule has 284 valence electrons. The van der Waals surface area contributed by atoms with Crippen LogP contribution in [-0.4, -0.2) is 4.78 Å². The quantitative estimate of drug-likeness (QED) is 0.108. The molecule has 0 fully saturated rings. The second kappa shape index (κ2) is 17.6. The van der Waals surface area contributed by atoms with Gasteiger partial charge in [0.05, 0.1) is 0 Å². The molecule has 9 rings (SSSR count). The van der Waals surface area contributed by atoms with Gasteiger partial charge < -0.3 is 0 Å². The molecule has 0 saturated carbocycles. The fourth-order valence-corrected chi connectivity index (χ4v) is 31.2. The van der Waals surface area contributed by atoms with E-state index in [1.165, 1.54) is 48.0 Å². The summed E-state index contributed by atoms with van der Waals surface area (Å²) in [6.07, 6.45) is 0.861. The first-order valence-electron chi connectivity index (χ1n) is 20.3. The smallest absolute Gasteiger partial charge is 0.0622 e. The van der Waals surface area contributed by atoms with Crippen LogP contribution < -0.4 is 42.4 Å². The Kier molecular flexibility index (Phi) is 11.5. The van der Waals surface area contributed by atoms with Crippen molar-refractivity contribution in [3.8, 4) is 0 Å². The molecular formula is C56H47P3+2. The van der Waals surface area contributed by atoms with Gasteiger partial charge in [-0.05, 0) is 89.0 Å². The zero-order valence-corrected chi connectivity index (χ0v) is 35.7. The van der Waals surface area contributed by atoms with Gasteiger partial charge in [-0.25, -0.2) is 0 Å². The van der Waals surface area contributed by atoms with Crippen LogP contribution in [0.25, 0.3) is 0 Å². The van der Waals surface area contributed by atoms with Gasteiger partial charge >= 0.3 is 0 Å². The van der Waals surface area contributed by atoms with E-state index in [1.54, 1.807) is 4.78 Å². The van der Waals surface area contributed by atoms with Gasteiger partial charge in [0.2, 0.25) is 4.78 Å². The van der Waals surface area contributed by atoms with Crippen molar-refractivity contribution in [3.05, 3.63) is 279 Å². The topological polar surface area (TPSA) is 0 Å². The molecule has 0 nitrogen and oxygen atoms in total. The molecule has 59 heavy (non-hydrogen) atoms. The van der Waals surface area contributed by atoms with E-state index in [9.17, 15) is 0 Å². The van der Waals surface area contributed by atoms with Gasteiger partial charge in [-0.3, -0.25) is 0 Å². The second-order valence-electron chi connectivity index (χ2n) is 14.8. The molecule has 0 spiro atoms. The van der Waals surface area contributed by atoms with Crippen molar-refractivity contribution in [3.63, 3.8) is 0 Å². The Labute approximate surface area is 351 Å². The molecule has 0 heterocycles. The molecule has 0 unspecified atom stereocenters. The first-order valence-corrected chi connectivity index (χ1v) is 25.9. The number of benzene rings is 9. The fraction of sp³-hybridized carbons (Fsp3) is 0.0179. The molecule has 0 aliphatic heterocycles. The maximum absolute atomic E-state index is 2.86. The van der Waals surface area contributed by atoms with Crippen molar-refractivity contribution in [2.24, 2.45) is 0 Å². The monoisotopic (exact) mass is 812 g/mol. The van der Waals surface area contributed by atoms with Crippen LogP contribution >= 0.6 is 21.4 Å². The summed E-state index contributed by atoms with van der Waals surface area (Å²) >= 11 is 0. The molecule has 0 amide bonds. The predicted molar refractivity (Wildman–Crippen MR) is 265 cm³/mol. The molecule has 0 bridgehead atoms. The van der Waals surface area contributed by atoms with Crippen LogP contribution in [-0.2, 0) is 6.16 Å². The minimum absolute atomic E-state index is 0.861. The molecule has 0 aliphatic carbocycles. The zero-order chi connectivity index (χ0) is 39.8. The van der Waals surface area contributed by atoms with E-state index in [2.05, 4.69) is 273 Å². The summed E-state index contributed by atoms with van der Waals surface area (Å²) in [5.74, 6) is 0. The molecule has 0 saturated heterocycles. The molecule has 0 aromatic heterocycles. The Hall–Kier alpha value is -5.86. The highest BCUT2D eigenvalue weighted by molar-refractivity contribution is 8.39. The lowest BCUT2D eigenvalue weighted by Crippen LogP contribution is -2.47. The Morgan fingerprint density at radius 1 is 0.254 bits per heavy atom. The van der Waals surface area contributed by atoms with Gasteiger partial charge in [-0.2, -0.15) is 0 Å². The van der Waals surface area contributed by atoms with Crippen LogP contribution in [0.1, 0.15) is 5.56 Å². The lowest BCUT2D eigenvalue weighted by Gasteiger charge is -2.42. The van der Waals surface area contributed by atoms with Crippen LogP contribution in [0, 0.1) is 0 Å². The third-order valence-corrected chi connectivity index (χ3v) is 28.6. The lowest BCUT2D eigenvalue weighted by atomic mass is 10.2. The SMILES string of the molecule is c1ccc(CP(=C([P+](c2ccccc2)(c2ccccc2)c2ccccc2)[P+](c2ccccc2)(c2ccccc2)c2ccccc2)(c2ccccc2)c2ccccc2)cc1. The van der Waals surface area contributed by atoms with Gasteiger partial charge in [0.25, 0.3) is 0 Å². The van der Waals surface area contributed by atoms with E-state index in [1.807, 2.05) is 0 Å². The Morgan fingerprint density at radius 3 is 0.695 bits per heavy atom. The highest BCUT2D eigenvalue weighted by atomic mass is 31.3. The first-order chi connectivity index (χ1) is 29.3. The summed E-state index contributed by atoms with van der Waals surface area (Å²) in [4.78, 5) is 0. The summed E-state index contributed by atoms with van der Waals surface area (Å²) in [6.45, 7) is -2.75. The molecule has 0 N–H and O–H groups in total. The summed E-state index contributed by atoms with van der Waals surface area (Å²) in [5, 5.41) is 11.0. The first kappa shape index (κ1) is 38.6. The van der Waals surface area contributed by atoms with E-state index >= 15 is 0 Å². The molecule has 9 aromatic rings. The van der Waals surface area contributed by atoms with Crippen LogP contribution in [0.3, 0.4) is 0 Å². The molecule has 9 aromatic carbocycles. The lowest BCUT2D eigenvalue weighted by molar-refractivity contribution is 1.40. The fourth-order valence-electron chi connectivity index (χ4n) is 9.09. The van der Waals surface area contributed by atoms with E-state index in [0.717, 1.165) is 6.16 Å². The van der Waals surface area contributed by atoms with Gasteiger partial charge in [-0.15, -0.1) is 0 Å². The Morgan fingerprint density at radius 2 is 0.458 bits per heavy atom. The van der Waals surface area contributed by atoms with Crippen molar-refractivity contribution < 1.29 is 0 Å². The van der Waals surface area contributed by atoms with Crippen LogP contribution in [0.2, 0.25) is 0 Å². The van der Waals surface area contributed by atoms with Crippen molar-refractivity contribution in [2.75, 3.05) is 0 Å². The molecule has 0 aliphatic rings. The van der Waals surface area contributed by atoms with Gasteiger partial charge in [0, 0.05) is 13.0 Å². The highest BCUT2D eigenvalue weighted by Gasteiger charge is 2.69. The minimum atomic E-state index is -2.86. The average Bonchev–Trinajstić information content (AvgIpc) is 3.34. The molecule has 0 radical (unpaired) electrons. The second-order valence-corrected chi connectivity index (χ2v) is 25.9. The van der Waals surface area contributed by atoms with E-state index < -0.39 is 21.4 Å². The van der Waals surface area contributed by atoms with Gasteiger partial charge in [-0.1, -0.05) is 200 Å². The summed E-state index contributed by atoms with van der Waals surface area (Å²) in [6, 6.07) is 104. The van der Waals surface area contributed by atoms with E-state index in [0.29, 0.717) is 0 Å². The largest absolute Gasteiger partial charge is 0.234 e. The van der Waals surface area contributed by atoms with Gasteiger partial charge in [0.15, 0.2) is 14.5 Å². The van der Waals surface area contributed by atoms with Crippen LogP contribution in [0.15, 0.2) is 273 Å². The number of rotatable bonds is 12. The standard InChI is InChI=1S/C56H47P3/c1-10-28-47(29-11-1)46-57(48-30-12-2-13-31-48,49-32-14-3-15-33-49)56(58(50-34-16-4-17-35-50,51-36-18-5-19-37-51)52-38-20-6-21-39-52)59(53-40-22-7-23-41-53,54-42-24-8-25-43-54)55-44-26-9-27-45-55/h1-45H,46H2/q+2. The van der Waals surface area contributed by atoms with Crippen LogP contribution in [0.5, 0.6) is 0 Å². The Bertz CT molecular complexity index is 2380. The summed E-state index contributed by atoms with van der Waals surface area (Å²) in [5.41, 5.74) is 1.34. The number of hydrogen-bond acceptors (Lipinski definition) is 0. The minimum Gasteiger partial charge on any atom is -0.0622 e. The van der Waals surface area contributed by atoms with E-state index in [4.69, 9.17) is 0 Å². The maximum atomic E-state index is 2.45. The number of hydrogen-bond donors (Lipinski definition) is 0. The van der Waals surface area contributed by atoms with Crippen molar-refractivity contribution in [1.29, 1.82) is 0 Å². The van der Waals surface area contributed by atoms with Crippen molar-refractivity contribution in [2.45, 2.75) is 6.16 Å². The maximum Gasteiger partial charge on any atom is 0.234 e.